The first kappa shape index (κ1) is 93.7. The average molecular weight is 1380 g/mol. The molecule has 0 bridgehead atoms. The number of ether oxygens (including phenoxy) is 2. The Balaban J connectivity index is 3.78. The van der Waals surface area contributed by atoms with Gasteiger partial charge in [-0.1, -0.05) is 393 Å². The van der Waals surface area contributed by atoms with E-state index in [2.05, 4.69) is 123 Å². The summed E-state index contributed by atoms with van der Waals surface area (Å²) in [5, 5.41) is 0. The van der Waals surface area contributed by atoms with Gasteiger partial charge in [-0.05, 0) is 103 Å². The number of unbranched alkanes of at least 4 members (excludes halogenated alkanes) is 47. The minimum Gasteiger partial charge on any atom is -0.462 e. The van der Waals surface area contributed by atoms with Gasteiger partial charge in [0.05, 0.1) is 13.2 Å². The van der Waals surface area contributed by atoms with Crippen molar-refractivity contribution in [2.75, 3.05) is 26.4 Å². The van der Waals surface area contributed by atoms with Crippen molar-refractivity contribution in [2.45, 2.75) is 405 Å². The van der Waals surface area contributed by atoms with Crippen LogP contribution in [0, 0.1) is 0 Å². The van der Waals surface area contributed by atoms with Gasteiger partial charge in [-0.3, -0.25) is 18.6 Å². The predicted octanol–water partition coefficient (Wildman–Crippen LogP) is 28.0. The molecule has 0 aliphatic rings. The van der Waals surface area contributed by atoms with E-state index >= 15 is 0 Å². The van der Waals surface area contributed by atoms with Crippen LogP contribution < -0.4 is 5.73 Å². The quantitative estimate of drug-likeness (QED) is 0.0264. The molecular formula is C87H156NO8P. The molecule has 0 aliphatic heterocycles. The van der Waals surface area contributed by atoms with Crippen LogP contribution in [-0.4, -0.2) is 49.3 Å². The van der Waals surface area contributed by atoms with E-state index in [9.17, 15) is 19.0 Å². The summed E-state index contributed by atoms with van der Waals surface area (Å²) >= 11 is 0. The van der Waals surface area contributed by atoms with Crippen LogP contribution >= 0.6 is 7.82 Å². The zero-order valence-electron chi connectivity index (χ0n) is 63.6. The standard InChI is InChI=1S/C87H156NO8P/c1-3-5-7-9-11-13-15-17-19-21-23-25-27-29-31-33-35-37-39-40-41-42-43-44-46-48-50-52-54-56-58-60-62-64-66-68-70-72-74-76-78-80-87(90)96-85(84-95-97(91,92)94-82-81-88)83-93-86(89)79-77-75-73-71-69-67-65-63-61-59-57-55-53-51-49-47-45-38-36-34-32-30-28-26-24-22-20-18-16-14-12-10-8-6-4-2/h5,7,11,13,16-19,22-25,29,31,35,37,40-41,85H,3-4,6,8-10,12,14-15,20-21,26-28,30,32-34,36,38-39,42-84,88H2,1-2H3,(H,91,92)/b7-5-,13-11-,18-16-,19-17-,24-22-,25-23-,31-29-,37-35-,41-40-. The Bertz CT molecular complexity index is 1970. The summed E-state index contributed by atoms with van der Waals surface area (Å²) in [7, 11) is -4.40. The maximum absolute atomic E-state index is 12.8. The average Bonchev–Trinajstić information content (AvgIpc) is 2.57. The van der Waals surface area contributed by atoms with Crippen molar-refractivity contribution in [2.24, 2.45) is 5.73 Å². The van der Waals surface area contributed by atoms with Crippen LogP contribution in [0.4, 0.5) is 0 Å². The molecule has 0 aromatic rings. The maximum Gasteiger partial charge on any atom is 0.472 e. The lowest BCUT2D eigenvalue weighted by molar-refractivity contribution is -0.161. The molecular weight excluding hydrogens is 1220 g/mol. The van der Waals surface area contributed by atoms with E-state index in [-0.39, 0.29) is 38.6 Å². The van der Waals surface area contributed by atoms with Crippen LogP contribution in [0.1, 0.15) is 399 Å². The van der Waals surface area contributed by atoms with Crippen molar-refractivity contribution in [1.29, 1.82) is 0 Å². The fourth-order valence-corrected chi connectivity index (χ4v) is 12.8. The van der Waals surface area contributed by atoms with Crippen LogP contribution in [0.15, 0.2) is 109 Å². The van der Waals surface area contributed by atoms with Crippen molar-refractivity contribution in [3.05, 3.63) is 109 Å². The van der Waals surface area contributed by atoms with Crippen LogP contribution in [0.3, 0.4) is 0 Å². The zero-order chi connectivity index (χ0) is 70.0. The second kappa shape index (κ2) is 81.6. The van der Waals surface area contributed by atoms with Crippen LogP contribution in [0.5, 0.6) is 0 Å². The topological polar surface area (TPSA) is 134 Å². The molecule has 10 heteroatoms. The molecule has 2 unspecified atom stereocenters. The fourth-order valence-electron chi connectivity index (χ4n) is 12.1. The Hall–Kier alpha value is -3.33. The minimum atomic E-state index is -4.40. The van der Waals surface area contributed by atoms with Crippen LogP contribution in [0.25, 0.3) is 0 Å². The van der Waals surface area contributed by atoms with Crippen LogP contribution in [0.2, 0.25) is 0 Å². The van der Waals surface area contributed by atoms with Gasteiger partial charge in [0.2, 0.25) is 0 Å². The SMILES string of the molecule is CC/C=C\C/C=C\C/C=C\C/C=C\C/C=C\C/C=C\C/C=C\CCCCCCCCCCCCCCCCCCCCCC(=O)OC(COC(=O)CCCCCCCCCCCCCCCCCCCCCCCCC/C=C\C/C=C\CCCCCCC)COP(=O)(O)OCCN. The van der Waals surface area contributed by atoms with Gasteiger partial charge in [0.15, 0.2) is 6.10 Å². The highest BCUT2D eigenvalue weighted by Crippen LogP contribution is 2.43. The molecule has 0 amide bonds. The molecule has 0 aromatic heterocycles. The van der Waals surface area contributed by atoms with E-state index in [4.69, 9.17) is 24.3 Å². The van der Waals surface area contributed by atoms with Gasteiger partial charge >= 0.3 is 19.8 Å². The first-order chi connectivity index (χ1) is 47.8. The smallest absolute Gasteiger partial charge is 0.462 e. The zero-order valence-corrected chi connectivity index (χ0v) is 64.4. The summed E-state index contributed by atoms with van der Waals surface area (Å²) < 4.78 is 33.3. The maximum atomic E-state index is 12.8. The number of phosphoric ester groups is 1. The molecule has 0 saturated heterocycles. The van der Waals surface area contributed by atoms with Gasteiger partial charge in [0.25, 0.3) is 0 Å². The van der Waals surface area contributed by atoms with Crippen molar-refractivity contribution in [1.82, 2.24) is 0 Å². The number of esters is 2. The number of allylic oxidation sites excluding steroid dienone is 18. The summed E-state index contributed by atoms with van der Waals surface area (Å²) in [6, 6.07) is 0. The molecule has 3 N–H and O–H groups in total. The molecule has 0 aromatic carbocycles. The van der Waals surface area contributed by atoms with Gasteiger partial charge < -0.3 is 20.1 Å². The van der Waals surface area contributed by atoms with Crippen molar-refractivity contribution in [3.63, 3.8) is 0 Å². The second-order valence-corrected chi connectivity index (χ2v) is 29.1. The lowest BCUT2D eigenvalue weighted by Crippen LogP contribution is -2.29. The summed E-state index contributed by atoms with van der Waals surface area (Å²) in [6.07, 6.45) is 114. The summed E-state index contributed by atoms with van der Waals surface area (Å²) in [4.78, 5) is 35.5. The van der Waals surface area contributed by atoms with E-state index in [0.717, 1.165) is 89.9 Å². The summed E-state index contributed by atoms with van der Waals surface area (Å²) in [6.45, 7) is 3.68. The third-order valence-corrected chi connectivity index (χ3v) is 19.1. The molecule has 0 heterocycles. The predicted molar refractivity (Wildman–Crippen MR) is 422 cm³/mol. The van der Waals surface area contributed by atoms with Gasteiger partial charge in [-0.25, -0.2) is 4.57 Å². The van der Waals surface area contributed by atoms with Gasteiger partial charge in [0, 0.05) is 19.4 Å². The highest BCUT2D eigenvalue weighted by atomic mass is 31.2. The van der Waals surface area contributed by atoms with Gasteiger partial charge in [0.1, 0.15) is 6.61 Å². The van der Waals surface area contributed by atoms with Gasteiger partial charge in [-0.2, -0.15) is 0 Å². The number of carbonyl (C=O) groups excluding carboxylic acids is 2. The highest BCUT2D eigenvalue weighted by molar-refractivity contribution is 7.47. The first-order valence-corrected chi connectivity index (χ1v) is 42.9. The van der Waals surface area contributed by atoms with Gasteiger partial charge in [-0.15, -0.1) is 0 Å². The number of hydrogen-bond donors (Lipinski definition) is 2. The summed E-state index contributed by atoms with van der Waals surface area (Å²) in [5.74, 6) is -0.809. The Kier molecular flexibility index (Phi) is 78.8. The fraction of sp³-hybridized carbons (Fsp3) is 0.770. The molecule has 0 saturated carbocycles. The molecule has 0 aliphatic carbocycles. The number of rotatable bonds is 78. The molecule has 0 rings (SSSR count). The Morgan fingerprint density at radius 3 is 0.845 bits per heavy atom. The van der Waals surface area contributed by atoms with Crippen molar-refractivity contribution >= 4 is 19.8 Å². The Morgan fingerprint density at radius 2 is 0.567 bits per heavy atom. The lowest BCUT2D eigenvalue weighted by Gasteiger charge is -2.19. The lowest BCUT2D eigenvalue weighted by atomic mass is 10.0. The van der Waals surface area contributed by atoms with Crippen molar-refractivity contribution < 1.29 is 37.6 Å². The highest BCUT2D eigenvalue weighted by Gasteiger charge is 2.26. The molecule has 0 spiro atoms. The molecule has 2 atom stereocenters. The van der Waals surface area contributed by atoms with E-state index in [0.29, 0.717) is 6.42 Å². The van der Waals surface area contributed by atoms with E-state index < -0.39 is 26.5 Å². The number of hydrogen-bond acceptors (Lipinski definition) is 8. The third kappa shape index (κ3) is 81.5. The number of nitrogens with two attached hydrogens (primary N) is 1. The van der Waals surface area contributed by atoms with Crippen LogP contribution in [-0.2, 0) is 32.7 Å². The number of carbonyl (C=O) groups is 2. The Labute approximate surface area is 600 Å². The van der Waals surface area contributed by atoms with E-state index in [1.54, 1.807) is 0 Å². The first-order valence-electron chi connectivity index (χ1n) is 41.4. The minimum absolute atomic E-state index is 0.0531. The largest absolute Gasteiger partial charge is 0.472 e. The molecule has 97 heavy (non-hydrogen) atoms. The van der Waals surface area contributed by atoms with E-state index in [1.165, 1.54) is 276 Å². The third-order valence-electron chi connectivity index (χ3n) is 18.1. The monoisotopic (exact) mass is 1370 g/mol. The molecule has 562 valence electrons. The molecule has 0 fully saturated rings. The molecule has 0 radical (unpaired) electrons. The molecule has 9 nitrogen and oxygen atoms in total. The second-order valence-electron chi connectivity index (χ2n) is 27.6. The Morgan fingerprint density at radius 1 is 0.320 bits per heavy atom. The summed E-state index contributed by atoms with van der Waals surface area (Å²) in [5.41, 5.74) is 5.42. The van der Waals surface area contributed by atoms with Crippen molar-refractivity contribution in [3.8, 4) is 0 Å². The normalized spacial score (nSPS) is 13.4. The van der Waals surface area contributed by atoms with E-state index in [1.807, 2.05) is 0 Å². The number of phosphoric acid groups is 1.